The van der Waals surface area contributed by atoms with Crippen LogP contribution in [0.3, 0.4) is 0 Å². The van der Waals surface area contributed by atoms with Crippen LogP contribution in [0.2, 0.25) is 0 Å². The molecule has 0 aromatic carbocycles. The van der Waals surface area contributed by atoms with Crippen LogP contribution < -0.4 is 9.64 Å². The molecule has 2 rings (SSSR count). The van der Waals surface area contributed by atoms with Crippen molar-refractivity contribution in [2.24, 2.45) is 0 Å². The van der Waals surface area contributed by atoms with Crippen LogP contribution in [-0.4, -0.2) is 29.7 Å². The highest BCUT2D eigenvalue weighted by atomic mass is 19.1. The third kappa shape index (κ3) is 2.23. The van der Waals surface area contributed by atoms with Crippen LogP contribution in [-0.2, 0) is 0 Å². The second-order valence-corrected chi connectivity index (χ2v) is 3.80. The zero-order valence-corrected chi connectivity index (χ0v) is 9.45. The van der Waals surface area contributed by atoms with Gasteiger partial charge in [0.2, 0.25) is 5.82 Å². The van der Waals surface area contributed by atoms with E-state index < -0.39 is 5.82 Å². The van der Waals surface area contributed by atoms with Crippen molar-refractivity contribution in [3.8, 4) is 5.88 Å². The third-order valence-corrected chi connectivity index (χ3v) is 2.68. The van der Waals surface area contributed by atoms with E-state index in [0.717, 1.165) is 25.9 Å². The second-order valence-electron chi connectivity index (χ2n) is 3.80. The molecule has 0 bridgehead atoms. The molecule has 1 aliphatic heterocycles. The molecule has 16 heavy (non-hydrogen) atoms. The molecule has 1 saturated heterocycles. The molecule has 0 saturated carbocycles. The molecule has 5 heteroatoms. The molecule has 0 unspecified atom stereocenters. The van der Waals surface area contributed by atoms with Gasteiger partial charge in [0.25, 0.3) is 5.88 Å². The number of halogens is 1. The van der Waals surface area contributed by atoms with E-state index in [1.807, 2.05) is 11.8 Å². The van der Waals surface area contributed by atoms with E-state index >= 15 is 0 Å². The first kappa shape index (κ1) is 11.1. The molecule has 0 radical (unpaired) electrons. The number of hydrogen-bond donors (Lipinski definition) is 0. The van der Waals surface area contributed by atoms with Crippen molar-refractivity contribution in [3.05, 3.63) is 12.1 Å². The highest BCUT2D eigenvalue weighted by molar-refractivity contribution is 5.43. The normalized spacial score (nSPS) is 16.2. The van der Waals surface area contributed by atoms with Gasteiger partial charge in [-0.1, -0.05) is 0 Å². The molecule has 2 heterocycles. The molecule has 0 N–H and O–H groups in total. The van der Waals surface area contributed by atoms with Gasteiger partial charge in [-0.25, -0.2) is 4.98 Å². The van der Waals surface area contributed by atoms with Crippen LogP contribution >= 0.6 is 0 Å². The Labute approximate surface area is 94.5 Å². The van der Waals surface area contributed by atoms with E-state index in [-0.39, 0.29) is 5.88 Å². The quantitative estimate of drug-likeness (QED) is 0.788. The maximum atomic E-state index is 14.0. The summed E-state index contributed by atoms with van der Waals surface area (Å²) in [4.78, 5) is 9.75. The largest absolute Gasteiger partial charge is 0.476 e. The minimum Gasteiger partial charge on any atom is -0.476 e. The minimum absolute atomic E-state index is 0.0538. The van der Waals surface area contributed by atoms with Crippen LogP contribution in [0.15, 0.2) is 6.33 Å². The van der Waals surface area contributed by atoms with Gasteiger partial charge in [-0.3, -0.25) is 0 Å². The van der Waals surface area contributed by atoms with E-state index in [1.54, 1.807) is 0 Å². The molecule has 0 spiro atoms. The van der Waals surface area contributed by atoms with Gasteiger partial charge in [-0.05, 0) is 26.2 Å². The lowest BCUT2D eigenvalue weighted by atomic mass is 10.1. The molecule has 1 aromatic heterocycles. The molecule has 0 aliphatic carbocycles. The number of nitrogens with zero attached hydrogens (tertiary/aromatic N) is 3. The molecular formula is C11H16FN3O. The Kier molecular flexibility index (Phi) is 3.54. The van der Waals surface area contributed by atoms with Gasteiger partial charge in [-0.15, -0.1) is 0 Å². The maximum absolute atomic E-state index is 14.0. The van der Waals surface area contributed by atoms with Crippen molar-refractivity contribution in [1.82, 2.24) is 9.97 Å². The summed E-state index contributed by atoms with van der Waals surface area (Å²) in [6.45, 7) is 3.94. The molecule has 4 nitrogen and oxygen atoms in total. The molecule has 0 amide bonds. The molecule has 88 valence electrons. The highest BCUT2D eigenvalue weighted by Crippen LogP contribution is 2.25. The Bertz CT molecular complexity index is 353. The van der Waals surface area contributed by atoms with Crippen LogP contribution in [0.5, 0.6) is 5.88 Å². The summed E-state index contributed by atoms with van der Waals surface area (Å²) >= 11 is 0. The lowest BCUT2D eigenvalue weighted by Gasteiger charge is -2.27. The van der Waals surface area contributed by atoms with Gasteiger partial charge in [0.15, 0.2) is 5.82 Å². The van der Waals surface area contributed by atoms with Gasteiger partial charge in [-0.2, -0.15) is 9.37 Å². The summed E-state index contributed by atoms with van der Waals surface area (Å²) in [7, 11) is 0. The first-order chi connectivity index (χ1) is 7.83. The fourth-order valence-electron chi connectivity index (χ4n) is 1.91. The summed E-state index contributed by atoms with van der Waals surface area (Å²) in [5.74, 6) is -0.0116. The van der Waals surface area contributed by atoms with Crippen LogP contribution in [0, 0.1) is 5.82 Å². The van der Waals surface area contributed by atoms with E-state index in [4.69, 9.17) is 4.74 Å². The summed E-state index contributed by atoms with van der Waals surface area (Å²) < 4.78 is 19.1. The Hall–Kier alpha value is -1.39. The predicted octanol–water partition coefficient (Wildman–Crippen LogP) is 2.00. The zero-order chi connectivity index (χ0) is 11.4. The molecule has 1 fully saturated rings. The summed E-state index contributed by atoms with van der Waals surface area (Å²) in [6.07, 6.45) is 4.75. The van der Waals surface area contributed by atoms with E-state index in [1.165, 1.54) is 12.7 Å². The zero-order valence-electron chi connectivity index (χ0n) is 9.45. The lowest BCUT2D eigenvalue weighted by Crippen LogP contribution is -2.31. The van der Waals surface area contributed by atoms with E-state index in [0.29, 0.717) is 12.4 Å². The Balaban J connectivity index is 2.22. The highest BCUT2D eigenvalue weighted by Gasteiger charge is 2.19. The average molecular weight is 225 g/mol. The average Bonchev–Trinajstić information content (AvgIpc) is 2.33. The fourth-order valence-corrected chi connectivity index (χ4v) is 1.91. The van der Waals surface area contributed by atoms with Crippen LogP contribution in [0.1, 0.15) is 26.2 Å². The second kappa shape index (κ2) is 5.09. The third-order valence-electron chi connectivity index (χ3n) is 2.68. The number of piperidine rings is 1. The predicted molar refractivity (Wildman–Crippen MR) is 59.2 cm³/mol. The van der Waals surface area contributed by atoms with Crippen molar-refractivity contribution in [1.29, 1.82) is 0 Å². The number of aromatic nitrogens is 2. The van der Waals surface area contributed by atoms with Gasteiger partial charge in [0.05, 0.1) is 6.61 Å². The van der Waals surface area contributed by atoms with Crippen molar-refractivity contribution in [2.45, 2.75) is 26.2 Å². The number of anilines is 1. The first-order valence-corrected chi connectivity index (χ1v) is 5.71. The number of rotatable bonds is 3. The molecular weight excluding hydrogens is 209 g/mol. The Morgan fingerprint density at radius 1 is 1.31 bits per heavy atom. The van der Waals surface area contributed by atoms with Gasteiger partial charge < -0.3 is 9.64 Å². The molecule has 0 atom stereocenters. The van der Waals surface area contributed by atoms with Crippen LogP contribution in [0.25, 0.3) is 0 Å². The minimum atomic E-state index is -0.439. The Morgan fingerprint density at radius 3 is 2.75 bits per heavy atom. The Morgan fingerprint density at radius 2 is 2.06 bits per heavy atom. The summed E-state index contributed by atoms with van der Waals surface area (Å²) in [5.41, 5.74) is 0. The van der Waals surface area contributed by atoms with Gasteiger partial charge >= 0.3 is 0 Å². The van der Waals surface area contributed by atoms with Crippen molar-refractivity contribution in [2.75, 3.05) is 24.6 Å². The fraction of sp³-hybridized carbons (Fsp3) is 0.636. The molecule has 1 aliphatic rings. The van der Waals surface area contributed by atoms with E-state index in [2.05, 4.69) is 9.97 Å². The summed E-state index contributed by atoms with van der Waals surface area (Å²) in [6, 6.07) is 0. The maximum Gasteiger partial charge on any atom is 0.255 e. The van der Waals surface area contributed by atoms with Crippen molar-refractivity contribution >= 4 is 5.82 Å². The topological polar surface area (TPSA) is 38.3 Å². The number of ether oxygens (including phenoxy) is 1. The van der Waals surface area contributed by atoms with Crippen molar-refractivity contribution in [3.63, 3.8) is 0 Å². The van der Waals surface area contributed by atoms with Gasteiger partial charge in [0.1, 0.15) is 6.33 Å². The van der Waals surface area contributed by atoms with E-state index in [9.17, 15) is 4.39 Å². The van der Waals surface area contributed by atoms with Crippen molar-refractivity contribution < 1.29 is 9.13 Å². The summed E-state index contributed by atoms with van der Waals surface area (Å²) in [5, 5.41) is 0. The van der Waals surface area contributed by atoms with Crippen LogP contribution in [0.4, 0.5) is 10.2 Å². The first-order valence-electron chi connectivity index (χ1n) is 5.71. The smallest absolute Gasteiger partial charge is 0.255 e. The van der Waals surface area contributed by atoms with Gasteiger partial charge in [0, 0.05) is 13.1 Å². The lowest BCUT2D eigenvalue weighted by molar-refractivity contribution is 0.306. The SMILES string of the molecule is CCOc1ncnc(N2CCCCC2)c1F. The number of hydrogen-bond acceptors (Lipinski definition) is 4. The molecule has 1 aromatic rings. The monoisotopic (exact) mass is 225 g/mol. The standard InChI is InChI=1S/C11H16FN3O/c1-2-16-11-9(12)10(13-8-14-11)15-6-4-3-5-7-15/h8H,2-7H2,1H3.